The number of amides is 1. The van der Waals surface area contributed by atoms with Crippen LogP contribution in [-0.2, 0) is 11.3 Å². The first-order chi connectivity index (χ1) is 13.0. The number of H-pyrrole nitrogens is 1. The molecule has 0 aliphatic carbocycles. The van der Waals surface area contributed by atoms with Crippen LogP contribution in [0.2, 0.25) is 0 Å². The van der Waals surface area contributed by atoms with Crippen LogP contribution >= 0.6 is 0 Å². The van der Waals surface area contributed by atoms with Crippen molar-refractivity contribution in [1.29, 1.82) is 0 Å². The molecule has 0 spiro atoms. The zero-order chi connectivity index (χ0) is 19.2. The first-order valence-electron chi connectivity index (χ1n) is 9.29. The number of aryl methyl sites for hydroxylation is 2. The summed E-state index contributed by atoms with van der Waals surface area (Å²) < 4.78 is 7.29. The first-order valence-corrected chi connectivity index (χ1v) is 9.29. The molecule has 1 amide bonds. The van der Waals surface area contributed by atoms with Crippen molar-refractivity contribution in [1.82, 2.24) is 14.5 Å². The van der Waals surface area contributed by atoms with E-state index in [0.29, 0.717) is 19.1 Å². The van der Waals surface area contributed by atoms with Gasteiger partial charge >= 0.3 is 5.69 Å². The van der Waals surface area contributed by atoms with E-state index in [0.717, 1.165) is 30.7 Å². The predicted octanol–water partition coefficient (Wildman–Crippen LogP) is 1.55. The minimum Gasteiger partial charge on any atom is -0.493 e. The highest BCUT2D eigenvalue weighted by molar-refractivity contribution is 5.76. The maximum absolute atomic E-state index is 12.5. The fourth-order valence-corrected chi connectivity index (χ4v) is 3.35. The summed E-state index contributed by atoms with van der Waals surface area (Å²) in [5.74, 6) is 1.21. The Balaban J connectivity index is 1.51. The number of aromatic amines is 1. The lowest BCUT2D eigenvalue weighted by Gasteiger charge is -2.33. The summed E-state index contributed by atoms with van der Waals surface area (Å²) in [6, 6.07) is 9.20. The fourth-order valence-electron chi connectivity index (χ4n) is 3.35. The van der Waals surface area contributed by atoms with Crippen LogP contribution in [0.3, 0.4) is 0 Å². The molecular formula is C20H25N3O4. The summed E-state index contributed by atoms with van der Waals surface area (Å²) in [4.78, 5) is 39.4. The number of benzene rings is 1. The smallest absolute Gasteiger partial charge is 0.328 e. The lowest BCUT2D eigenvalue weighted by atomic mass is 9.98. The highest BCUT2D eigenvalue weighted by Gasteiger charge is 2.24. The molecule has 144 valence electrons. The number of likely N-dealkylation sites (tertiary alicyclic amines) is 1. The van der Waals surface area contributed by atoms with Crippen LogP contribution < -0.4 is 16.0 Å². The van der Waals surface area contributed by atoms with E-state index in [1.165, 1.54) is 16.8 Å². The summed E-state index contributed by atoms with van der Waals surface area (Å²) >= 11 is 0. The number of hydrogen-bond acceptors (Lipinski definition) is 4. The summed E-state index contributed by atoms with van der Waals surface area (Å²) in [6.45, 7) is 4.28. The molecule has 0 saturated carbocycles. The number of rotatable bonds is 6. The molecule has 0 unspecified atom stereocenters. The largest absolute Gasteiger partial charge is 0.493 e. The molecule has 1 aromatic carbocycles. The molecule has 2 aromatic rings. The van der Waals surface area contributed by atoms with Crippen molar-refractivity contribution in [3.63, 3.8) is 0 Å². The lowest BCUT2D eigenvalue weighted by molar-refractivity contribution is -0.133. The van der Waals surface area contributed by atoms with E-state index < -0.39 is 11.2 Å². The average molecular weight is 371 g/mol. The van der Waals surface area contributed by atoms with Gasteiger partial charge in [-0.2, -0.15) is 0 Å². The third kappa shape index (κ3) is 5.09. The molecule has 27 heavy (non-hydrogen) atoms. The number of hydrogen-bond donors (Lipinski definition) is 1. The highest BCUT2D eigenvalue weighted by atomic mass is 16.5. The second-order valence-corrected chi connectivity index (χ2v) is 6.98. The molecular weight excluding hydrogens is 346 g/mol. The van der Waals surface area contributed by atoms with Gasteiger partial charge in [0, 0.05) is 44.2 Å². The van der Waals surface area contributed by atoms with Crippen molar-refractivity contribution in [3.8, 4) is 5.75 Å². The van der Waals surface area contributed by atoms with Gasteiger partial charge < -0.3 is 14.2 Å². The molecule has 7 heteroatoms. The van der Waals surface area contributed by atoms with Gasteiger partial charge in [-0.25, -0.2) is 4.79 Å². The maximum atomic E-state index is 12.5. The molecule has 1 aliphatic heterocycles. The number of piperidine rings is 1. The Bertz CT molecular complexity index is 902. The third-order valence-electron chi connectivity index (χ3n) is 4.90. The molecule has 1 aliphatic rings. The Hall–Kier alpha value is -2.83. The second kappa shape index (κ2) is 8.70. The number of nitrogens with zero attached hydrogens (tertiary/aromatic N) is 2. The number of para-hydroxylation sites is 1. The zero-order valence-electron chi connectivity index (χ0n) is 15.5. The summed E-state index contributed by atoms with van der Waals surface area (Å²) in [5.41, 5.74) is 0.182. The summed E-state index contributed by atoms with van der Waals surface area (Å²) in [5, 5.41) is 0. The summed E-state index contributed by atoms with van der Waals surface area (Å²) in [6.07, 6.45) is 3.64. The van der Waals surface area contributed by atoms with Crippen molar-refractivity contribution in [3.05, 3.63) is 62.9 Å². The van der Waals surface area contributed by atoms with Crippen LogP contribution in [-0.4, -0.2) is 40.1 Å². The molecule has 1 atom stereocenters. The molecule has 0 bridgehead atoms. The normalized spacial score (nSPS) is 16.9. The second-order valence-electron chi connectivity index (χ2n) is 6.98. The van der Waals surface area contributed by atoms with Crippen LogP contribution in [0, 0.1) is 12.8 Å². The van der Waals surface area contributed by atoms with Gasteiger partial charge in [0.25, 0.3) is 5.56 Å². The molecule has 1 fully saturated rings. The monoisotopic (exact) mass is 371 g/mol. The van der Waals surface area contributed by atoms with Crippen molar-refractivity contribution < 1.29 is 9.53 Å². The van der Waals surface area contributed by atoms with Crippen LogP contribution in [0.4, 0.5) is 0 Å². The molecule has 3 rings (SSSR count). The number of nitrogens with one attached hydrogen (secondary N) is 1. The van der Waals surface area contributed by atoms with E-state index >= 15 is 0 Å². The van der Waals surface area contributed by atoms with Crippen molar-refractivity contribution in [2.24, 2.45) is 5.92 Å². The molecule has 1 aromatic heterocycles. The van der Waals surface area contributed by atoms with Gasteiger partial charge in [0.15, 0.2) is 0 Å². The van der Waals surface area contributed by atoms with Gasteiger partial charge in [0.2, 0.25) is 5.91 Å². The molecule has 7 nitrogen and oxygen atoms in total. The summed E-state index contributed by atoms with van der Waals surface area (Å²) in [7, 11) is 0. The Kier molecular flexibility index (Phi) is 6.11. The van der Waals surface area contributed by atoms with Gasteiger partial charge in [0.1, 0.15) is 5.75 Å². The van der Waals surface area contributed by atoms with Gasteiger partial charge in [-0.3, -0.25) is 14.6 Å². The predicted molar refractivity (Wildman–Crippen MR) is 102 cm³/mol. The third-order valence-corrected chi connectivity index (χ3v) is 4.90. The number of aromatic nitrogens is 2. The molecule has 1 saturated heterocycles. The van der Waals surface area contributed by atoms with Gasteiger partial charge in [-0.15, -0.1) is 0 Å². The van der Waals surface area contributed by atoms with E-state index in [4.69, 9.17) is 4.74 Å². The van der Waals surface area contributed by atoms with Gasteiger partial charge in [-0.05, 0) is 31.4 Å². The van der Waals surface area contributed by atoms with E-state index in [-0.39, 0.29) is 18.9 Å². The van der Waals surface area contributed by atoms with Crippen molar-refractivity contribution in [2.75, 3.05) is 19.7 Å². The van der Waals surface area contributed by atoms with E-state index in [2.05, 4.69) is 4.98 Å². The van der Waals surface area contributed by atoms with Crippen molar-refractivity contribution in [2.45, 2.75) is 32.7 Å². The standard InChI is InChI=1S/C20H25N3O4/c1-15-5-2-3-7-17(15)27-14-16-6-4-10-23(13-16)19(25)9-12-22-11-8-18(24)21-20(22)26/h2-3,5,7-8,11,16H,4,6,9-10,12-14H2,1H3,(H,21,24,26)/t16-/m1/s1. The molecule has 1 N–H and O–H groups in total. The SMILES string of the molecule is Cc1ccccc1OC[C@@H]1CCCN(C(=O)CCn2ccc(=O)[nH]c2=O)C1. The van der Waals surface area contributed by atoms with Crippen molar-refractivity contribution >= 4 is 5.91 Å². The van der Waals surface area contributed by atoms with E-state index in [1.807, 2.05) is 36.1 Å². The number of carbonyl (C=O) groups is 1. The van der Waals surface area contributed by atoms with E-state index in [1.54, 1.807) is 0 Å². The topological polar surface area (TPSA) is 84.4 Å². The lowest BCUT2D eigenvalue weighted by Crippen LogP contribution is -2.42. The van der Waals surface area contributed by atoms with Gasteiger partial charge in [-0.1, -0.05) is 18.2 Å². The zero-order valence-corrected chi connectivity index (χ0v) is 15.5. The minimum absolute atomic E-state index is 0.0219. The van der Waals surface area contributed by atoms with Crippen LogP contribution in [0.1, 0.15) is 24.8 Å². The Morgan fingerprint density at radius 2 is 2.07 bits per heavy atom. The minimum atomic E-state index is -0.488. The Labute approximate surface area is 157 Å². The Morgan fingerprint density at radius 3 is 2.85 bits per heavy atom. The molecule has 0 radical (unpaired) electrons. The van der Waals surface area contributed by atoms with Crippen LogP contribution in [0.5, 0.6) is 5.75 Å². The molecule has 2 heterocycles. The first kappa shape index (κ1) is 18.9. The maximum Gasteiger partial charge on any atom is 0.328 e. The Morgan fingerprint density at radius 1 is 1.26 bits per heavy atom. The van der Waals surface area contributed by atoms with Crippen LogP contribution in [0.25, 0.3) is 0 Å². The number of carbonyl (C=O) groups excluding carboxylic acids is 1. The van der Waals surface area contributed by atoms with E-state index in [9.17, 15) is 14.4 Å². The fraction of sp³-hybridized carbons (Fsp3) is 0.450. The van der Waals surface area contributed by atoms with Gasteiger partial charge in [0.05, 0.1) is 6.61 Å². The van der Waals surface area contributed by atoms with Crippen LogP contribution in [0.15, 0.2) is 46.1 Å². The quantitative estimate of drug-likeness (QED) is 0.835. The number of ether oxygens (including phenoxy) is 1. The highest BCUT2D eigenvalue weighted by Crippen LogP contribution is 2.21. The average Bonchev–Trinajstić information content (AvgIpc) is 2.67.